The molecule has 0 aliphatic heterocycles. The van der Waals surface area contributed by atoms with E-state index in [1.54, 1.807) is 11.8 Å². The summed E-state index contributed by atoms with van der Waals surface area (Å²) in [5.41, 5.74) is 1.35. The fraction of sp³-hybridized carbons (Fsp3) is 0.500. The molecule has 0 amide bonds. The van der Waals surface area contributed by atoms with Crippen molar-refractivity contribution in [1.82, 2.24) is 5.32 Å². The van der Waals surface area contributed by atoms with Crippen LogP contribution in [0.25, 0.3) is 0 Å². The van der Waals surface area contributed by atoms with Gasteiger partial charge in [-0.15, -0.1) is 11.8 Å². The lowest BCUT2D eigenvalue weighted by Crippen LogP contribution is -2.33. The van der Waals surface area contributed by atoms with E-state index in [0.717, 1.165) is 6.54 Å². The molecular formula is C12H19NOS. The van der Waals surface area contributed by atoms with Crippen LogP contribution in [0.2, 0.25) is 0 Å². The highest BCUT2D eigenvalue weighted by Crippen LogP contribution is 2.24. The number of rotatable bonds is 5. The lowest BCUT2D eigenvalue weighted by Gasteiger charge is -2.25. The first-order valence-electron chi connectivity index (χ1n) is 5.06. The first-order chi connectivity index (χ1) is 7.10. The minimum absolute atomic E-state index is 0.0341. The molecule has 0 fully saturated rings. The van der Waals surface area contributed by atoms with Crippen molar-refractivity contribution in [3.05, 3.63) is 29.8 Å². The van der Waals surface area contributed by atoms with Gasteiger partial charge in [-0.05, 0) is 24.0 Å². The Hall–Kier alpha value is -0.510. The number of aliphatic hydroxyl groups excluding tert-OH is 1. The predicted octanol–water partition coefficient (Wildman–Crippen LogP) is 2.23. The van der Waals surface area contributed by atoms with Gasteiger partial charge in [-0.3, -0.25) is 5.32 Å². The average molecular weight is 225 g/mol. The number of hydrogen-bond donors (Lipinski definition) is 2. The molecule has 0 aliphatic carbocycles. The van der Waals surface area contributed by atoms with Gasteiger partial charge >= 0.3 is 0 Å². The van der Waals surface area contributed by atoms with E-state index in [0.29, 0.717) is 0 Å². The van der Waals surface area contributed by atoms with Crippen LogP contribution in [0.1, 0.15) is 19.4 Å². The summed E-state index contributed by atoms with van der Waals surface area (Å²) in [7, 11) is 0. The van der Waals surface area contributed by atoms with Gasteiger partial charge in [-0.1, -0.05) is 26.0 Å². The smallest absolute Gasteiger partial charge is 0.0931 e. The molecule has 0 aromatic heterocycles. The Morgan fingerprint density at radius 3 is 2.33 bits per heavy atom. The molecule has 0 saturated carbocycles. The Balaban J connectivity index is 2.75. The van der Waals surface area contributed by atoms with Crippen LogP contribution in [0, 0.1) is 0 Å². The number of aliphatic hydroxyl groups is 1. The first kappa shape index (κ1) is 12.6. The largest absolute Gasteiger partial charge is 0.381 e. The first-order valence-corrected chi connectivity index (χ1v) is 6.29. The number of nitrogens with one attached hydrogen (secondary N) is 1. The fourth-order valence-corrected chi connectivity index (χ4v) is 1.92. The molecule has 0 heterocycles. The van der Waals surface area contributed by atoms with Gasteiger partial charge in [0.15, 0.2) is 0 Å². The van der Waals surface area contributed by atoms with Crippen molar-refractivity contribution in [2.75, 3.05) is 19.5 Å². The summed E-state index contributed by atoms with van der Waals surface area (Å²) in [6.45, 7) is 5.15. The molecule has 3 heteroatoms. The molecule has 0 saturated heterocycles. The Labute approximate surface area is 96.1 Å². The monoisotopic (exact) mass is 225 g/mol. The highest BCUT2D eigenvalue weighted by molar-refractivity contribution is 7.98. The second kappa shape index (κ2) is 5.54. The van der Waals surface area contributed by atoms with Gasteiger partial charge < -0.3 is 5.11 Å². The van der Waals surface area contributed by atoms with Crippen LogP contribution < -0.4 is 5.32 Å². The van der Waals surface area contributed by atoms with Crippen molar-refractivity contribution in [3.63, 3.8) is 0 Å². The third-order valence-corrected chi connectivity index (χ3v) is 3.29. The molecule has 0 spiro atoms. The standard InChI is InChI=1S/C12H19NOS/c1-12(2,8-13-9-14)10-4-6-11(15-3)7-5-10/h4-7,13-14H,8-9H2,1-3H3. The number of hydrogen-bond acceptors (Lipinski definition) is 3. The fourth-order valence-electron chi connectivity index (χ4n) is 1.51. The molecule has 1 aromatic carbocycles. The second-order valence-corrected chi connectivity index (χ2v) is 5.08. The lowest BCUT2D eigenvalue weighted by atomic mass is 9.85. The van der Waals surface area contributed by atoms with E-state index in [-0.39, 0.29) is 12.1 Å². The zero-order valence-electron chi connectivity index (χ0n) is 9.58. The molecule has 0 unspecified atom stereocenters. The van der Waals surface area contributed by atoms with E-state index in [9.17, 15) is 0 Å². The molecule has 2 N–H and O–H groups in total. The normalized spacial score (nSPS) is 11.7. The van der Waals surface area contributed by atoms with Crippen molar-refractivity contribution >= 4 is 11.8 Å². The Bertz CT molecular complexity index is 295. The molecule has 0 bridgehead atoms. The minimum atomic E-state index is 0.0341. The molecular weight excluding hydrogens is 206 g/mol. The maximum absolute atomic E-state index is 8.74. The second-order valence-electron chi connectivity index (χ2n) is 4.20. The van der Waals surface area contributed by atoms with Crippen molar-refractivity contribution in [3.8, 4) is 0 Å². The van der Waals surface area contributed by atoms with Gasteiger partial charge in [0, 0.05) is 16.9 Å². The van der Waals surface area contributed by atoms with E-state index in [1.165, 1.54) is 10.5 Å². The Morgan fingerprint density at radius 2 is 1.87 bits per heavy atom. The SMILES string of the molecule is CSc1ccc(C(C)(C)CNCO)cc1. The van der Waals surface area contributed by atoms with E-state index < -0.39 is 0 Å². The minimum Gasteiger partial charge on any atom is -0.381 e. The maximum atomic E-state index is 8.74. The highest BCUT2D eigenvalue weighted by atomic mass is 32.2. The van der Waals surface area contributed by atoms with Gasteiger partial charge in [-0.2, -0.15) is 0 Å². The Morgan fingerprint density at radius 1 is 1.27 bits per heavy atom. The van der Waals surface area contributed by atoms with Crippen molar-refractivity contribution in [2.45, 2.75) is 24.2 Å². The molecule has 0 radical (unpaired) electrons. The zero-order chi connectivity index (χ0) is 11.3. The van der Waals surface area contributed by atoms with Crippen LogP contribution in [0.4, 0.5) is 0 Å². The van der Waals surface area contributed by atoms with Gasteiger partial charge in [-0.25, -0.2) is 0 Å². The van der Waals surface area contributed by atoms with Crippen molar-refractivity contribution in [2.24, 2.45) is 0 Å². The zero-order valence-corrected chi connectivity index (χ0v) is 10.4. The van der Waals surface area contributed by atoms with Crippen LogP contribution >= 0.6 is 11.8 Å². The molecule has 2 nitrogen and oxygen atoms in total. The van der Waals surface area contributed by atoms with Gasteiger partial charge in [0.2, 0.25) is 0 Å². The lowest BCUT2D eigenvalue weighted by molar-refractivity contribution is 0.247. The molecule has 0 atom stereocenters. The van der Waals surface area contributed by atoms with Crippen molar-refractivity contribution in [1.29, 1.82) is 0 Å². The summed E-state index contributed by atoms with van der Waals surface area (Å²) in [6, 6.07) is 8.59. The van der Waals surface area contributed by atoms with E-state index in [1.807, 2.05) is 0 Å². The quantitative estimate of drug-likeness (QED) is 0.595. The average Bonchev–Trinajstić information content (AvgIpc) is 2.26. The van der Waals surface area contributed by atoms with Crippen LogP contribution in [0.15, 0.2) is 29.2 Å². The summed E-state index contributed by atoms with van der Waals surface area (Å²) in [4.78, 5) is 1.28. The summed E-state index contributed by atoms with van der Waals surface area (Å²) >= 11 is 1.75. The van der Waals surface area contributed by atoms with E-state index in [2.05, 4.69) is 49.7 Å². The summed E-state index contributed by atoms with van der Waals surface area (Å²) in [5, 5.41) is 11.7. The summed E-state index contributed by atoms with van der Waals surface area (Å²) in [6.07, 6.45) is 2.08. The van der Waals surface area contributed by atoms with Gasteiger partial charge in [0.25, 0.3) is 0 Å². The van der Waals surface area contributed by atoms with Crippen LogP contribution in [0.3, 0.4) is 0 Å². The maximum Gasteiger partial charge on any atom is 0.0931 e. The third-order valence-electron chi connectivity index (χ3n) is 2.55. The van der Waals surface area contributed by atoms with Crippen LogP contribution in [-0.2, 0) is 5.41 Å². The summed E-state index contributed by atoms with van der Waals surface area (Å²) < 4.78 is 0. The van der Waals surface area contributed by atoms with Gasteiger partial charge in [0.1, 0.15) is 0 Å². The highest BCUT2D eigenvalue weighted by Gasteiger charge is 2.19. The Kier molecular flexibility index (Phi) is 4.64. The molecule has 84 valence electrons. The number of thioether (sulfide) groups is 1. The topological polar surface area (TPSA) is 32.3 Å². The molecule has 1 aromatic rings. The van der Waals surface area contributed by atoms with Crippen molar-refractivity contribution < 1.29 is 5.11 Å². The third kappa shape index (κ3) is 3.52. The van der Waals surface area contributed by atoms with E-state index >= 15 is 0 Å². The van der Waals surface area contributed by atoms with Gasteiger partial charge in [0.05, 0.1) is 6.73 Å². The molecule has 0 aliphatic rings. The molecule has 1 rings (SSSR count). The summed E-state index contributed by atoms with van der Waals surface area (Å²) in [5.74, 6) is 0. The number of benzene rings is 1. The predicted molar refractivity (Wildman–Crippen MR) is 66.3 cm³/mol. The molecule has 15 heavy (non-hydrogen) atoms. The van der Waals surface area contributed by atoms with Crippen LogP contribution in [-0.4, -0.2) is 24.6 Å². The van der Waals surface area contributed by atoms with Crippen LogP contribution in [0.5, 0.6) is 0 Å². The van der Waals surface area contributed by atoms with E-state index in [4.69, 9.17) is 5.11 Å².